The molecule has 0 aliphatic carbocycles. The number of methoxy groups -OCH3 is 1. The maximum atomic E-state index is 9.46. The van der Waals surface area contributed by atoms with E-state index >= 15 is 0 Å². The number of nitrogens with zero attached hydrogens (tertiary/aromatic N) is 3. The number of ether oxygens (including phenoxy) is 1. The summed E-state index contributed by atoms with van der Waals surface area (Å²) in [6.45, 7) is 2.40. The lowest BCUT2D eigenvalue weighted by molar-refractivity contribution is 0.186. The first-order valence-electron chi connectivity index (χ1n) is 7.24. The number of benzene rings is 1. The lowest BCUT2D eigenvalue weighted by Gasteiger charge is -2.04. The standard InChI is InChI=1S/C18H14BrN3OS/c1-11-7-13(10-23-2)16-17(15(8-20)24-18(16)22-11)21-9-12-3-5-14(19)6-4-12/h3-7,9H,10H2,1-2H3. The summed E-state index contributed by atoms with van der Waals surface area (Å²) in [4.78, 5) is 10.5. The maximum absolute atomic E-state index is 9.46. The summed E-state index contributed by atoms with van der Waals surface area (Å²) in [5.74, 6) is 0. The molecular weight excluding hydrogens is 386 g/mol. The van der Waals surface area contributed by atoms with E-state index < -0.39 is 0 Å². The number of hydrogen-bond acceptors (Lipinski definition) is 5. The van der Waals surface area contributed by atoms with E-state index in [1.54, 1.807) is 13.3 Å². The van der Waals surface area contributed by atoms with Crippen molar-refractivity contribution in [3.8, 4) is 6.07 Å². The summed E-state index contributed by atoms with van der Waals surface area (Å²) in [6, 6.07) is 12.1. The number of pyridine rings is 1. The summed E-state index contributed by atoms with van der Waals surface area (Å²) in [7, 11) is 1.66. The molecule has 0 amide bonds. The van der Waals surface area contributed by atoms with Gasteiger partial charge < -0.3 is 4.74 Å². The predicted molar refractivity (Wildman–Crippen MR) is 101 cm³/mol. The fourth-order valence-corrected chi connectivity index (χ4v) is 3.73. The first-order chi connectivity index (χ1) is 11.6. The van der Waals surface area contributed by atoms with Crippen LogP contribution in [-0.2, 0) is 11.3 Å². The van der Waals surface area contributed by atoms with Gasteiger partial charge in [0.25, 0.3) is 0 Å². The molecule has 2 aromatic heterocycles. The van der Waals surface area contributed by atoms with Crippen molar-refractivity contribution in [2.45, 2.75) is 13.5 Å². The number of aliphatic imine (C=N–C) groups is 1. The molecule has 3 aromatic rings. The fraction of sp³-hybridized carbons (Fsp3) is 0.167. The fourth-order valence-electron chi connectivity index (χ4n) is 2.45. The van der Waals surface area contributed by atoms with Crippen LogP contribution in [0, 0.1) is 18.3 Å². The van der Waals surface area contributed by atoms with E-state index in [1.165, 1.54) is 11.3 Å². The lowest BCUT2D eigenvalue weighted by atomic mass is 10.1. The summed E-state index contributed by atoms with van der Waals surface area (Å²) >= 11 is 4.78. The molecule has 0 aliphatic heterocycles. The summed E-state index contributed by atoms with van der Waals surface area (Å²) < 4.78 is 6.32. The zero-order valence-corrected chi connectivity index (χ0v) is 15.6. The molecule has 0 fully saturated rings. The summed E-state index contributed by atoms with van der Waals surface area (Å²) in [5, 5.41) is 10.4. The van der Waals surface area contributed by atoms with Crippen LogP contribution in [0.2, 0.25) is 0 Å². The number of thiophene rings is 1. The van der Waals surface area contributed by atoms with E-state index in [1.807, 2.05) is 37.3 Å². The minimum atomic E-state index is 0.461. The van der Waals surface area contributed by atoms with E-state index in [2.05, 4.69) is 32.0 Å². The van der Waals surface area contributed by atoms with Gasteiger partial charge in [0.1, 0.15) is 21.5 Å². The zero-order chi connectivity index (χ0) is 17.1. The van der Waals surface area contributed by atoms with Gasteiger partial charge in [-0.05, 0) is 36.2 Å². The van der Waals surface area contributed by atoms with Crippen LogP contribution in [0.3, 0.4) is 0 Å². The Bertz CT molecular complexity index is 955. The molecule has 0 saturated carbocycles. The van der Waals surface area contributed by atoms with Crippen LogP contribution >= 0.6 is 27.3 Å². The number of halogens is 1. The second-order valence-corrected chi connectivity index (χ2v) is 7.15. The second kappa shape index (κ2) is 7.22. The van der Waals surface area contributed by atoms with Crippen LogP contribution in [-0.4, -0.2) is 18.3 Å². The van der Waals surface area contributed by atoms with Crippen LogP contribution < -0.4 is 0 Å². The van der Waals surface area contributed by atoms with Crippen molar-refractivity contribution < 1.29 is 4.74 Å². The van der Waals surface area contributed by atoms with Gasteiger partial charge in [0, 0.05) is 28.9 Å². The van der Waals surface area contributed by atoms with Crippen molar-refractivity contribution in [2.75, 3.05) is 7.11 Å². The van der Waals surface area contributed by atoms with Gasteiger partial charge in [-0.3, -0.25) is 4.99 Å². The highest BCUT2D eigenvalue weighted by molar-refractivity contribution is 9.10. The molecule has 0 unspecified atom stereocenters. The predicted octanol–water partition coefficient (Wildman–Crippen LogP) is 5.14. The number of aryl methyl sites for hydroxylation is 1. The molecule has 0 bridgehead atoms. The Hall–Kier alpha value is -2.07. The smallest absolute Gasteiger partial charge is 0.133 e. The normalized spacial score (nSPS) is 11.2. The molecule has 0 N–H and O–H groups in total. The minimum Gasteiger partial charge on any atom is -0.380 e. The summed E-state index contributed by atoms with van der Waals surface area (Å²) in [6.07, 6.45) is 1.77. The quantitative estimate of drug-likeness (QED) is 0.570. The average molecular weight is 400 g/mol. The molecule has 24 heavy (non-hydrogen) atoms. The number of aromatic nitrogens is 1. The average Bonchev–Trinajstić information content (AvgIpc) is 2.92. The molecular formula is C18H14BrN3OS. The summed E-state index contributed by atoms with van der Waals surface area (Å²) in [5.41, 5.74) is 3.54. The van der Waals surface area contributed by atoms with E-state index in [-0.39, 0.29) is 0 Å². The van der Waals surface area contributed by atoms with E-state index in [0.29, 0.717) is 17.2 Å². The van der Waals surface area contributed by atoms with Crippen molar-refractivity contribution >= 4 is 49.4 Å². The molecule has 6 heteroatoms. The third-order valence-corrected chi connectivity index (χ3v) is 4.97. The Balaban J connectivity index is 2.15. The molecule has 120 valence electrons. The van der Waals surface area contributed by atoms with Crippen molar-refractivity contribution in [1.82, 2.24) is 4.98 Å². The number of hydrogen-bond donors (Lipinski definition) is 0. The Kier molecular flexibility index (Phi) is 5.05. The van der Waals surface area contributed by atoms with Gasteiger partial charge in [-0.15, -0.1) is 11.3 Å². The Morgan fingerprint density at radius 3 is 2.79 bits per heavy atom. The van der Waals surface area contributed by atoms with Gasteiger partial charge >= 0.3 is 0 Å². The molecule has 4 nitrogen and oxygen atoms in total. The van der Waals surface area contributed by atoms with Crippen LogP contribution in [0.5, 0.6) is 0 Å². The number of nitriles is 1. The monoisotopic (exact) mass is 399 g/mol. The van der Waals surface area contributed by atoms with E-state index in [0.717, 1.165) is 31.5 Å². The van der Waals surface area contributed by atoms with Gasteiger partial charge in [0.2, 0.25) is 0 Å². The molecule has 2 heterocycles. The van der Waals surface area contributed by atoms with Crippen LogP contribution in [0.15, 0.2) is 39.8 Å². The highest BCUT2D eigenvalue weighted by Crippen LogP contribution is 2.39. The van der Waals surface area contributed by atoms with Crippen LogP contribution in [0.1, 0.15) is 21.7 Å². The first kappa shape index (κ1) is 16.8. The largest absolute Gasteiger partial charge is 0.380 e. The van der Waals surface area contributed by atoms with Crippen molar-refractivity contribution in [3.05, 3.63) is 56.5 Å². The number of fused-ring (bicyclic) bond motifs is 1. The van der Waals surface area contributed by atoms with Gasteiger partial charge in [0.15, 0.2) is 0 Å². The third kappa shape index (κ3) is 3.39. The number of rotatable bonds is 4. The zero-order valence-electron chi connectivity index (χ0n) is 13.2. The van der Waals surface area contributed by atoms with Gasteiger partial charge in [-0.2, -0.15) is 5.26 Å². The molecule has 0 saturated heterocycles. The van der Waals surface area contributed by atoms with E-state index in [9.17, 15) is 5.26 Å². The Morgan fingerprint density at radius 1 is 1.38 bits per heavy atom. The molecule has 0 radical (unpaired) electrons. The van der Waals surface area contributed by atoms with Gasteiger partial charge in [-0.1, -0.05) is 28.1 Å². The van der Waals surface area contributed by atoms with Crippen molar-refractivity contribution in [1.29, 1.82) is 5.26 Å². The second-order valence-electron chi connectivity index (χ2n) is 5.24. The third-order valence-electron chi connectivity index (χ3n) is 3.46. The Labute approximate surface area is 152 Å². The first-order valence-corrected chi connectivity index (χ1v) is 8.85. The Morgan fingerprint density at radius 2 is 2.12 bits per heavy atom. The topological polar surface area (TPSA) is 58.3 Å². The van der Waals surface area contributed by atoms with Crippen molar-refractivity contribution in [3.63, 3.8) is 0 Å². The van der Waals surface area contributed by atoms with E-state index in [4.69, 9.17) is 4.74 Å². The molecule has 0 atom stereocenters. The molecule has 3 rings (SSSR count). The highest BCUT2D eigenvalue weighted by Gasteiger charge is 2.16. The van der Waals surface area contributed by atoms with Crippen LogP contribution in [0.4, 0.5) is 5.69 Å². The SMILES string of the molecule is COCc1cc(C)nc2sc(C#N)c(N=Cc3ccc(Br)cc3)c12. The molecule has 0 spiro atoms. The van der Waals surface area contributed by atoms with Gasteiger partial charge in [0.05, 0.1) is 6.61 Å². The highest BCUT2D eigenvalue weighted by atomic mass is 79.9. The maximum Gasteiger partial charge on any atom is 0.133 e. The minimum absolute atomic E-state index is 0.461. The molecule has 0 aliphatic rings. The molecule has 1 aromatic carbocycles. The van der Waals surface area contributed by atoms with Crippen molar-refractivity contribution in [2.24, 2.45) is 4.99 Å². The lowest BCUT2D eigenvalue weighted by Crippen LogP contribution is -1.92. The van der Waals surface area contributed by atoms with Crippen LogP contribution in [0.25, 0.3) is 10.2 Å². The van der Waals surface area contributed by atoms with Gasteiger partial charge in [-0.25, -0.2) is 4.98 Å².